The highest BCUT2D eigenvalue weighted by molar-refractivity contribution is 5.92. The molecule has 1 aromatic carbocycles. The van der Waals surface area contributed by atoms with Gasteiger partial charge in [0.05, 0.1) is 18.7 Å². The van der Waals surface area contributed by atoms with Crippen LogP contribution in [0.4, 0.5) is 10.5 Å². The summed E-state index contributed by atoms with van der Waals surface area (Å²) in [5, 5.41) is 5.78. The Hall–Kier alpha value is -2.54. The van der Waals surface area contributed by atoms with Gasteiger partial charge in [0.25, 0.3) is 0 Å². The van der Waals surface area contributed by atoms with E-state index in [1.165, 1.54) is 6.20 Å². The molecule has 2 amide bonds. The monoisotopic (exact) mass is 317 g/mol. The van der Waals surface area contributed by atoms with Gasteiger partial charge in [-0.25, -0.2) is 4.79 Å². The van der Waals surface area contributed by atoms with E-state index < -0.39 is 6.03 Å². The molecule has 0 aliphatic carbocycles. The fourth-order valence-corrected chi connectivity index (χ4v) is 2.60. The summed E-state index contributed by atoms with van der Waals surface area (Å²) in [7, 11) is 1.56. The number of amides is 2. The first-order valence-corrected chi connectivity index (χ1v) is 7.53. The molecule has 122 valence electrons. The molecule has 0 spiro atoms. The average molecular weight is 317 g/mol. The van der Waals surface area contributed by atoms with Crippen molar-refractivity contribution in [3.05, 3.63) is 34.6 Å². The maximum Gasteiger partial charge on any atom is 0.319 e. The lowest BCUT2D eigenvalue weighted by Crippen LogP contribution is -2.36. The number of urea groups is 1. The normalized spacial score (nSPS) is 17.2. The summed E-state index contributed by atoms with van der Waals surface area (Å²) in [5.74, 6) is 0.656. The number of hydrogen-bond donors (Lipinski definition) is 3. The number of aromatic nitrogens is 1. The number of nitrogens with one attached hydrogen (secondary N) is 3. The van der Waals surface area contributed by atoms with E-state index in [9.17, 15) is 9.59 Å². The molecule has 1 fully saturated rings. The van der Waals surface area contributed by atoms with Crippen LogP contribution in [0.25, 0.3) is 10.9 Å². The van der Waals surface area contributed by atoms with Crippen LogP contribution < -0.4 is 20.8 Å². The SMILES string of the molecule is COc1ccc2c(=O)c(NC(=O)NC[C@H]3CCCO3)c[nH]c2c1. The fraction of sp³-hybridized carbons (Fsp3) is 0.375. The van der Waals surface area contributed by atoms with Gasteiger partial charge in [0.2, 0.25) is 5.43 Å². The van der Waals surface area contributed by atoms with Gasteiger partial charge >= 0.3 is 6.03 Å². The Morgan fingerprint density at radius 3 is 3.09 bits per heavy atom. The molecule has 0 unspecified atom stereocenters. The van der Waals surface area contributed by atoms with Crippen molar-refractivity contribution in [1.29, 1.82) is 0 Å². The maximum atomic E-state index is 12.4. The van der Waals surface area contributed by atoms with Crippen molar-refractivity contribution in [3.63, 3.8) is 0 Å². The maximum absolute atomic E-state index is 12.4. The molecule has 7 nitrogen and oxygen atoms in total. The van der Waals surface area contributed by atoms with Crippen LogP contribution >= 0.6 is 0 Å². The van der Waals surface area contributed by atoms with E-state index in [-0.39, 0.29) is 17.2 Å². The van der Waals surface area contributed by atoms with Gasteiger partial charge < -0.3 is 25.1 Å². The highest BCUT2D eigenvalue weighted by Gasteiger charge is 2.16. The second-order valence-electron chi connectivity index (χ2n) is 5.41. The summed E-state index contributed by atoms with van der Waals surface area (Å²) in [6, 6.07) is 4.69. The highest BCUT2D eigenvalue weighted by atomic mass is 16.5. The Bertz CT molecular complexity index is 765. The van der Waals surface area contributed by atoms with Gasteiger partial charge in [0, 0.05) is 30.8 Å². The summed E-state index contributed by atoms with van der Waals surface area (Å²) >= 11 is 0. The Morgan fingerprint density at radius 1 is 1.48 bits per heavy atom. The van der Waals surface area contributed by atoms with Crippen LogP contribution in [-0.2, 0) is 4.74 Å². The first kappa shape index (κ1) is 15.4. The number of methoxy groups -OCH3 is 1. The molecule has 1 atom stereocenters. The van der Waals surface area contributed by atoms with E-state index in [1.807, 2.05) is 0 Å². The first-order valence-electron chi connectivity index (χ1n) is 7.53. The van der Waals surface area contributed by atoms with Crippen molar-refractivity contribution in [2.24, 2.45) is 0 Å². The minimum atomic E-state index is -0.418. The molecule has 1 aliphatic rings. The van der Waals surface area contributed by atoms with Crippen molar-refractivity contribution in [2.45, 2.75) is 18.9 Å². The van der Waals surface area contributed by atoms with Crippen LogP contribution in [0.3, 0.4) is 0 Å². The van der Waals surface area contributed by atoms with Gasteiger partial charge in [-0.3, -0.25) is 4.79 Å². The Labute approximate surface area is 133 Å². The van der Waals surface area contributed by atoms with E-state index in [2.05, 4.69) is 15.6 Å². The lowest BCUT2D eigenvalue weighted by molar-refractivity contribution is 0.112. The third-order valence-electron chi connectivity index (χ3n) is 3.85. The van der Waals surface area contributed by atoms with E-state index >= 15 is 0 Å². The zero-order valence-corrected chi connectivity index (χ0v) is 12.8. The molecule has 3 rings (SSSR count). The van der Waals surface area contributed by atoms with E-state index in [0.29, 0.717) is 23.2 Å². The van der Waals surface area contributed by atoms with Crippen LogP contribution in [0.5, 0.6) is 5.75 Å². The second-order valence-corrected chi connectivity index (χ2v) is 5.41. The quantitative estimate of drug-likeness (QED) is 0.802. The van der Waals surface area contributed by atoms with Crippen molar-refractivity contribution in [2.75, 3.05) is 25.6 Å². The van der Waals surface area contributed by atoms with E-state index in [4.69, 9.17) is 9.47 Å². The minimum Gasteiger partial charge on any atom is -0.497 e. The lowest BCUT2D eigenvalue weighted by Gasteiger charge is -2.12. The molecule has 1 aliphatic heterocycles. The summed E-state index contributed by atoms with van der Waals surface area (Å²) in [6.07, 6.45) is 3.50. The number of fused-ring (bicyclic) bond motifs is 1. The number of aromatic amines is 1. The molecular formula is C16H19N3O4. The summed E-state index contributed by atoms with van der Waals surface area (Å²) in [6.45, 7) is 1.18. The van der Waals surface area contributed by atoms with E-state index in [0.717, 1.165) is 19.4 Å². The molecule has 2 aromatic rings. The average Bonchev–Trinajstić information content (AvgIpc) is 3.09. The van der Waals surface area contributed by atoms with Crippen molar-refractivity contribution in [3.8, 4) is 5.75 Å². The van der Waals surface area contributed by atoms with Gasteiger partial charge in [-0.1, -0.05) is 0 Å². The molecule has 7 heteroatoms. The molecular weight excluding hydrogens is 298 g/mol. The van der Waals surface area contributed by atoms with Crippen LogP contribution in [0.2, 0.25) is 0 Å². The van der Waals surface area contributed by atoms with Crippen molar-refractivity contribution in [1.82, 2.24) is 10.3 Å². The van der Waals surface area contributed by atoms with Crippen molar-refractivity contribution >= 4 is 22.6 Å². The molecule has 0 radical (unpaired) electrons. The smallest absolute Gasteiger partial charge is 0.319 e. The van der Waals surface area contributed by atoms with Gasteiger partial charge in [-0.05, 0) is 25.0 Å². The Morgan fingerprint density at radius 2 is 2.35 bits per heavy atom. The third-order valence-corrected chi connectivity index (χ3v) is 3.85. The molecule has 3 N–H and O–H groups in total. The number of H-pyrrole nitrogens is 1. The predicted molar refractivity (Wildman–Crippen MR) is 87.1 cm³/mol. The summed E-state index contributed by atoms with van der Waals surface area (Å²) in [4.78, 5) is 27.3. The number of pyridine rings is 1. The largest absolute Gasteiger partial charge is 0.497 e. The van der Waals surface area contributed by atoms with Gasteiger partial charge in [0.1, 0.15) is 11.4 Å². The molecule has 1 aromatic heterocycles. The number of ether oxygens (including phenoxy) is 2. The number of rotatable bonds is 4. The Balaban J connectivity index is 1.71. The second kappa shape index (κ2) is 6.70. The standard InChI is InChI=1S/C16H19N3O4/c1-22-10-4-5-12-13(7-10)17-9-14(15(12)20)19-16(21)18-8-11-3-2-6-23-11/h4-5,7,9,11H,2-3,6,8H2,1H3,(H,17,20)(H2,18,19,21)/t11-/m1/s1. The minimum absolute atomic E-state index is 0.0584. The molecule has 23 heavy (non-hydrogen) atoms. The zero-order chi connectivity index (χ0) is 16.2. The highest BCUT2D eigenvalue weighted by Crippen LogP contribution is 2.17. The summed E-state index contributed by atoms with van der Waals surface area (Å²) in [5.41, 5.74) is 0.612. The van der Waals surface area contributed by atoms with Gasteiger partial charge in [-0.2, -0.15) is 0 Å². The van der Waals surface area contributed by atoms with Crippen molar-refractivity contribution < 1.29 is 14.3 Å². The molecule has 0 saturated carbocycles. The molecule has 2 heterocycles. The van der Waals surface area contributed by atoms with Crippen LogP contribution in [-0.4, -0.2) is 37.4 Å². The van der Waals surface area contributed by atoms with Crippen LogP contribution in [0.1, 0.15) is 12.8 Å². The third kappa shape index (κ3) is 3.45. The van der Waals surface area contributed by atoms with Gasteiger partial charge in [0.15, 0.2) is 0 Å². The molecule has 1 saturated heterocycles. The number of benzene rings is 1. The van der Waals surface area contributed by atoms with Gasteiger partial charge in [-0.15, -0.1) is 0 Å². The number of carbonyl (C=O) groups is 1. The Kier molecular flexibility index (Phi) is 4.47. The predicted octanol–water partition coefficient (Wildman–Crippen LogP) is 1.84. The fourth-order valence-electron chi connectivity index (χ4n) is 2.60. The topological polar surface area (TPSA) is 92.4 Å². The molecule has 0 bridgehead atoms. The lowest BCUT2D eigenvalue weighted by atomic mass is 10.2. The number of hydrogen-bond acceptors (Lipinski definition) is 4. The zero-order valence-electron chi connectivity index (χ0n) is 12.8. The summed E-state index contributed by atoms with van der Waals surface area (Å²) < 4.78 is 10.6. The number of anilines is 1. The number of carbonyl (C=O) groups excluding carboxylic acids is 1. The van der Waals surface area contributed by atoms with Crippen LogP contribution in [0.15, 0.2) is 29.2 Å². The van der Waals surface area contributed by atoms with E-state index in [1.54, 1.807) is 25.3 Å². The van der Waals surface area contributed by atoms with Crippen LogP contribution in [0, 0.1) is 0 Å². The first-order chi connectivity index (χ1) is 11.2.